The molecule has 0 radical (unpaired) electrons. The molecule has 150 valence electrons. The van der Waals surface area contributed by atoms with Crippen molar-refractivity contribution in [1.29, 1.82) is 0 Å². The average molecular weight is 392 g/mol. The molecule has 29 heavy (non-hydrogen) atoms. The number of aryl methyl sites for hydroxylation is 2. The summed E-state index contributed by atoms with van der Waals surface area (Å²) in [5, 5.41) is 11.0. The highest BCUT2D eigenvalue weighted by atomic mass is 16.5. The van der Waals surface area contributed by atoms with Crippen molar-refractivity contribution in [3.05, 3.63) is 60.0 Å². The van der Waals surface area contributed by atoms with Crippen LogP contribution >= 0.6 is 0 Å². The Morgan fingerprint density at radius 1 is 1.03 bits per heavy atom. The topological polar surface area (TPSA) is 80.5 Å². The smallest absolute Gasteiger partial charge is 0.247 e. The lowest BCUT2D eigenvalue weighted by Gasteiger charge is -2.28. The van der Waals surface area contributed by atoms with Gasteiger partial charge in [0, 0.05) is 42.9 Å². The number of aromatic nitrogens is 2. The van der Waals surface area contributed by atoms with Crippen LogP contribution in [-0.2, 0) is 16.0 Å². The van der Waals surface area contributed by atoms with E-state index in [1.165, 1.54) is 5.56 Å². The Morgan fingerprint density at radius 3 is 2.48 bits per heavy atom. The number of amides is 1. The normalized spacial score (nSPS) is 14.0. The lowest BCUT2D eigenvalue weighted by Crippen LogP contribution is -2.36. The number of nitrogens with one attached hydrogen (secondary N) is 1. The highest BCUT2D eigenvalue weighted by molar-refractivity contribution is 5.90. The molecule has 0 bridgehead atoms. The van der Waals surface area contributed by atoms with E-state index < -0.39 is 0 Å². The molecule has 3 aromatic rings. The van der Waals surface area contributed by atoms with Crippen molar-refractivity contribution >= 4 is 17.3 Å². The Balaban J connectivity index is 1.28. The molecule has 1 amide bonds. The maximum Gasteiger partial charge on any atom is 0.247 e. The number of hydrogen-bond acceptors (Lipinski definition) is 6. The summed E-state index contributed by atoms with van der Waals surface area (Å²) in [6.07, 6.45) is 0.678. The minimum absolute atomic E-state index is 0.0841. The van der Waals surface area contributed by atoms with Crippen molar-refractivity contribution in [3.8, 4) is 11.5 Å². The Morgan fingerprint density at radius 2 is 1.76 bits per heavy atom. The van der Waals surface area contributed by atoms with Gasteiger partial charge in [-0.3, -0.25) is 4.79 Å². The van der Waals surface area contributed by atoms with Crippen LogP contribution in [0, 0.1) is 6.92 Å². The van der Waals surface area contributed by atoms with Gasteiger partial charge in [-0.2, -0.15) is 0 Å². The number of carbonyl (C=O) groups is 1. The molecule has 0 unspecified atom stereocenters. The number of nitrogens with zero attached hydrogens (tertiary/aromatic N) is 3. The van der Waals surface area contributed by atoms with Crippen LogP contribution < -0.4 is 10.2 Å². The molecule has 2 aromatic carbocycles. The first-order valence-corrected chi connectivity index (χ1v) is 9.79. The number of benzene rings is 2. The first-order valence-electron chi connectivity index (χ1n) is 9.79. The van der Waals surface area contributed by atoms with E-state index in [2.05, 4.69) is 20.4 Å². The molecule has 0 spiro atoms. The number of carbonyl (C=O) groups excluding carboxylic acids is 1. The summed E-state index contributed by atoms with van der Waals surface area (Å²) in [6.45, 7) is 5.30. The Kier molecular flexibility index (Phi) is 5.86. The van der Waals surface area contributed by atoms with Gasteiger partial charge in [0.25, 0.3) is 0 Å². The summed E-state index contributed by atoms with van der Waals surface area (Å²) in [5.74, 6) is 0.844. The molecule has 4 rings (SSSR count). The molecule has 0 aliphatic carbocycles. The van der Waals surface area contributed by atoms with Crippen molar-refractivity contribution in [1.82, 2.24) is 10.2 Å². The van der Waals surface area contributed by atoms with Crippen molar-refractivity contribution in [2.24, 2.45) is 0 Å². The standard InChI is InChI=1S/C22H24N4O3/c1-16-2-4-17(5-3-16)22-25-24-21(29-22)11-10-20(27)23-18-6-8-19(9-7-18)26-12-14-28-15-13-26/h2-9H,10-15H2,1H3,(H,23,27). The van der Waals surface area contributed by atoms with E-state index in [-0.39, 0.29) is 12.3 Å². The summed E-state index contributed by atoms with van der Waals surface area (Å²) in [6, 6.07) is 15.8. The minimum Gasteiger partial charge on any atom is -0.421 e. The van der Waals surface area contributed by atoms with E-state index in [9.17, 15) is 4.79 Å². The van der Waals surface area contributed by atoms with Crippen molar-refractivity contribution in [3.63, 3.8) is 0 Å². The second-order valence-corrected chi connectivity index (χ2v) is 7.06. The predicted octanol–water partition coefficient (Wildman–Crippen LogP) is 3.45. The van der Waals surface area contributed by atoms with Crippen LogP contribution in [0.4, 0.5) is 11.4 Å². The molecular weight excluding hydrogens is 368 g/mol. The van der Waals surface area contributed by atoms with Gasteiger partial charge in [0.15, 0.2) is 0 Å². The van der Waals surface area contributed by atoms with Gasteiger partial charge in [0.2, 0.25) is 17.7 Å². The third kappa shape index (κ3) is 5.00. The lowest BCUT2D eigenvalue weighted by molar-refractivity contribution is -0.116. The maximum atomic E-state index is 12.3. The highest BCUT2D eigenvalue weighted by Crippen LogP contribution is 2.20. The monoisotopic (exact) mass is 392 g/mol. The summed E-state index contributed by atoms with van der Waals surface area (Å²) < 4.78 is 11.1. The summed E-state index contributed by atoms with van der Waals surface area (Å²) >= 11 is 0. The SMILES string of the molecule is Cc1ccc(-c2nnc(CCC(=O)Nc3ccc(N4CCOCC4)cc3)o2)cc1. The van der Waals surface area contributed by atoms with Gasteiger partial charge >= 0.3 is 0 Å². The Hall–Kier alpha value is -3.19. The van der Waals surface area contributed by atoms with Gasteiger partial charge in [-0.05, 0) is 43.3 Å². The van der Waals surface area contributed by atoms with E-state index >= 15 is 0 Å². The summed E-state index contributed by atoms with van der Waals surface area (Å²) in [4.78, 5) is 14.5. The van der Waals surface area contributed by atoms with Gasteiger partial charge in [-0.25, -0.2) is 0 Å². The zero-order chi connectivity index (χ0) is 20.1. The molecule has 1 N–H and O–H groups in total. The molecule has 1 fully saturated rings. The van der Waals surface area contributed by atoms with E-state index in [0.717, 1.165) is 43.2 Å². The van der Waals surface area contributed by atoms with E-state index in [1.54, 1.807) is 0 Å². The van der Waals surface area contributed by atoms with E-state index in [1.807, 2.05) is 55.5 Å². The molecule has 0 atom stereocenters. The molecule has 1 saturated heterocycles. The fraction of sp³-hybridized carbons (Fsp3) is 0.318. The number of ether oxygens (including phenoxy) is 1. The van der Waals surface area contributed by atoms with Gasteiger partial charge in [0.05, 0.1) is 13.2 Å². The number of hydrogen-bond donors (Lipinski definition) is 1. The highest BCUT2D eigenvalue weighted by Gasteiger charge is 2.13. The molecule has 1 aliphatic rings. The van der Waals surface area contributed by atoms with Crippen LogP contribution in [0.15, 0.2) is 52.9 Å². The van der Waals surface area contributed by atoms with Crippen LogP contribution in [0.1, 0.15) is 17.9 Å². The quantitative estimate of drug-likeness (QED) is 0.692. The van der Waals surface area contributed by atoms with Crippen LogP contribution in [-0.4, -0.2) is 42.4 Å². The van der Waals surface area contributed by atoms with Gasteiger partial charge in [-0.1, -0.05) is 17.7 Å². The summed E-state index contributed by atoms with van der Waals surface area (Å²) in [7, 11) is 0. The second-order valence-electron chi connectivity index (χ2n) is 7.06. The largest absolute Gasteiger partial charge is 0.421 e. The minimum atomic E-state index is -0.0841. The number of anilines is 2. The second kappa shape index (κ2) is 8.87. The van der Waals surface area contributed by atoms with Crippen LogP contribution in [0.5, 0.6) is 0 Å². The van der Waals surface area contributed by atoms with Gasteiger partial charge in [0.1, 0.15) is 0 Å². The van der Waals surface area contributed by atoms with Crippen molar-refractivity contribution in [2.45, 2.75) is 19.8 Å². The lowest BCUT2D eigenvalue weighted by atomic mass is 10.1. The molecule has 7 heteroatoms. The molecule has 1 aliphatic heterocycles. The average Bonchev–Trinajstić information content (AvgIpc) is 3.23. The fourth-order valence-corrected chi connectivity index (χ4v) is 3.19. The van der Waals surface area contributed by atoms with Crippen molar-refractivity contribution in [2.75, 3.05) is 36.5 Å². The maximum absolute atomic E-state index is 12.3. The molecule has 7 nitrogen and oxygen atoms in total. The first-order chi connectivity index (χ1) is 14.2. The zero-order valence-corrected chi connectivity index (χ0v) is 16.4. The molecule has 0 saturated carbocycles. The third-order valence-corrected chi connectivity index (χ3v) is 4.86. The Bertz CT molecular complexity index is 945. The molecule has 2 heterocycles. The molecular formula is C22H24N4O3. The van der Waals surface area contributed by atoms with Crippen LogP contribution in [0.3, 0.4) is 0 Å². The summed E-state index contributed by atoms with van der Waals surface area (Å²) in [5.41, 5.74) is 3.96. The zero-order valence-electron chi connectivity index (χ0n) is 16.4. The fourth-order valence-electron chi connectivity index (χ4n) is 3.19. The van der Waals surface area contributed by atoms with Crippen LogP contribution in [0.2, 0.25) is 0 Å². The number of morpholine rings is 1. The third-order valence-electron chi connectivity index (χ3n) is 4.86. The Labute approximate surface area is 169 Å². The van der Waals surface area contributed by atoms with Crippen LogP contribution in [0.25, 0.3) is 11.5 Å². The molecule has 1 aromatic heterocycles. The first kappa shape index (κ1) is 19.1. The predicted molar refractivity (Wildman–Crippen MR) is 111 cm³/mol. The van der Waals surface area contributed by atoms with Gasteiger partial charge < -0.3 is 19.4 Å². The number of rotatable bonds is 6. The van der Waals surface area contributed by atoms with E-state index in [0.29, 0.717) is 18.2 Å². The van der Waals surface area contributed by atoms with Crippen molar-refractivity contribution < 1.29 is 13.9 Å². The van der Waals surface area contributed by atoms with E-state index in [4.69, 9.17) is 9.15 Å². The van der Waals surface area contributed by atoms with Gasteiger partial charge in [-0.15, -0.1) is 10.2 Å².